The summed E-state index contributed by atoms with van der Waals surface area (Å²) in [5.74, 6) is 14.2. The summed E-state index contributed by atoms with van der Waals surface area (Å²) < 4.78 is 49.0. The van der Waals surface area contributed by atoms with Crippen LogP contribution in [0.1, 0.15) is 346 Å². The lowest BCUT2D eigenvalue weighted by atomic mass is 9.80. The predicted octanol–water partition coefficient (Wildman–Crippen LogP) is 30.6. The Morgan fingerprint density at radius 2 is 0.536 bits per heavy atom. The van der Waals surface area contributed by atoms with E-state index in [0.717, 1.165) is 116 Å². The topological polar surface area (TPSA) is 73.8 Å². The van der Waals surface area contributed by atoms with Crippen molar-refractivity contribution in [2.45, 2.75) is 390 Å². The van der Waals surface area contributed by atoms with Crippen LogP contribution in [0.25, 0.3) is 32.3 Å². The molecule has 0 N–H and O–H groups in total. The minimum Gasteiger partial charge on any atom is -0.375 e. The van der Waals surface area contributed by atoms with Gasteiger partial charge in [-0.25, -0.2) is 0 Å². The monoisotopic (exact) mass is 1700 g/mol. The van der Waals surface area contributed by atoms with E-state index in [2.05, 4.69) is 289 Å². The standard InChI is InChI=1S/C17H20O.C16H18O.C15H26O.C15H16O.C14H24O.C14H20O.C13H22O.C13H18O/c1-11(2)12(3)18-16-10-14-8-4-6-13-7-5-9-15(16)17(13)14;1-3-11(2)17-15-10-13-8-4-6-12-7-5-9-14(15)16(12)13;1-9(2)10(3)16-15-8-11-7-14(15)13-6-4-5-12(11)13;1-10(2)16-14-9-12-7-3-5-11-6-4-8-13(14)15(11)12;1-3-9(2)15-14-8-10-7-13(14)12-6-4-5-11(10)12;1-10(2)11(3)15-14-9-8-12-6-4-5-7-13(12)14;1-8(2)14-13-7-9-6-12(13)11-5-3-4-10(9)11;1-3-10(2)14-13-9-8-11-6-4-5-7-12(11)13/h4-9,11-12,16H,10H2,1-3H3;4-9,11,15H,3,10H2,1-2H3;9-15H,4-8H2,1-3H3;3-8,10,14H,9H2,1-2H3;9-14H,3-8H2,1-2H3;4-7,10-11,14H,8-9H2,1-3H3;8-13H,3-7H2,1-2H3;4-7,10,13H,3,8-9H2,1-2H3. The summed E-state index contributed by atoms with van der Waals surface area (Å²) in [6.07, 6.45) is 39.6. The molecule has 14 aliphatic carbocycles. The Balaban J connectivity index is 0.000000111. The number of hydrogen-bond acceptors (Lipinski definition) is 8. The number of rotatable bonds is 22. The highest BCUT2D eigenvalue weighted by Gasteiger charge is 2.57. The fraction of sp³-hybridized carbons (Fsp3) is 0.641. The molecule has 0 heterocycles. The van der Waals surface area contributed by atoms with Crippen LogP contribution in [0.3, 0.4) is 0 Å². The molecule has 125 heavy (non-hydrogen) atoms. The summed E-state index contributed by atoms with van der Waals surface area (Å²) >= 11 is 0. The zero-order chi connectivity index (χ0) is 87.9. The molecule has 0 radical (unpaired) electrons. The van der Waals surface area contributed by atoms with E-state index in [1.54, 1.807) is 0 Å². The first kappa shape index (κ1) is 93.9. The Labute approximate surface area is 757 Å². The van der Waals surface area contributed by atoms with Crippen molar-refractivity contribution in [3.8, 4) is 0 Å². The Bertz CT molecular complexity index is 4710. The first-order valence-corrected chi connectivity index (χ1v) is 51.3. The second-order valence-corrected chi connectivity index (χ2v) is 42.9. The molecular weight excluding hydrogens is 1530 g/mol. The van der Waals surface area contributed by atoms with Crippen molar-refractivity contribution in [3.05, 3.63) is 213 Å². The third kappa shape index (κ3) is 21.9. The van der Waals surface area contributed by atoms with Crippen LogP contribution in [-0.4, -0.2) is 67.1 Å². The summed E-state index contributed by atoms with van der Waals surface area (Å²) in [5.41, 5.74) is 14.2. The molecule has 8 heteroatoms. The van der Waals surface area contributed by atoms with Crippen LogP contribution in [0, 0.1) is 88.8 Å². The molecule has 26 unspecified atom stereocenters. The van der Waals surface area contributed by atoms with Crippen molar-refractivity contribution in [2.75, 3.05) is 0 Å². The van der Waals surface area contributed by atoms with Crippen molar-refractivity contribution in [1.82, 2.24) is 0 Å². The molecule has 9 fully saturated rings. The van der Waals surface area contributed by atoms with E-state index in [0.29, 0.717) is 91.0 Å². The van der Waals surface area contributed by atoms with Crippen LogP contribution in [0.5, 0.6) is 0 Å². The molecule has 9 saturated carbocycles. The Kier molecular flexibility index (Phi) is 32.3. The molecular formula is C117H164O8. The molecule has 14 aliphatic rings. The summed E-state index contributed by atoms with van der Waals surface area (Å²) in [5, 5.41) is 8.27. The van der Waals surface area contributed by atoms with Gasteiger partial charge in [0.15, 0.2) is 0 Å². The van der Waals surface area contributed by atoms with E-state index in [-0.39, 0.29) is 24.4 Å². The van der Waals surface area contributed by atoms with Crippen molar-refractivity contribution in [1.29, 1.82) is 0 Å². The maximum Gasteiger partial charge on any atom is 0.0875 e. The molecule has 0 aliphatic heterocycles. The molecule has 26 atom stereocenters. The zero-order valence-electron chi connectivity index (χ0n) is 80.9. The molecule has 6 bridgehead atoms. The van der Waals surface area contributed by atoms with Crippen LogP contribution in [-0.2, 0) is 70.0 Å². The molecule has 8 aromatic carbocycles. The van der Waals surface area contributed by atoms with E-state index >= 15 is 0 Å². The average molecular weight is 1700 g/mol. The SMILES string of the molecule is CC(C)C(C)OC1CC2CC1C1CCCC21.CC(C)C(C)OC1CCc2ccccc21.CC(C)C(C)OC1Cc2cccc3cccc1c23.CC(C)OC1CC2CC1C1CCCC21.CC(C)OC1Cc2cccc3cccc1c23.CCC(C)OC1CC2CC1C1CCCC21.CCC(C)OC1CCc2ccccc21.CCC(C)OC1Cc2cccc3cccc1c23. The van der Waals surface area contributed by atoms with Gasteiger partial charge in [-0.2, -0.15) is 0 Å². The molecule has 22 rings (SSSR count). The van der Waals surface area contributed by atoms with E-state index in [1.807, 2.05) is 0 Å². The van der Waals surface area contributed by atoms with E-state index in [9.17, 15) is 0 Å². The summed E-state index contributed by atoms with van der Waals surface area (Å²) in [6.45, 7) is 41.7. The lowest BCUT2D eigenvalue weighted by Crippen LogP contribution is -2.34. The molecule has 0 aromatic heterocycles. The highest BCUT2D eigenvalue weighted by atomic mass is 16.5. The molecule has 680 valence electrons. The van der Waals surface area contributed by atoms with Crippen molar-refractivity contribution >= 4 is 32.3 Å². The van der Waals surface area contributed by atoms with Gasteiger partial charge in [0.25, 0.3) is 0 Å². The molecule has 8 nitrogen and oxygen atoms in total. The van der Waals surface area contributed by atoms with Gasteiger partial charge in [-0.05, 0) is 368 Å². The van der Waals surface area contributed by atoms with E-state index < -0.39 is 0 Å². The fourth-order valence-electron chi connectivity index (χ4n) is 25.9. The largest absolute Gasteiger partial charge is 0.375 e. The fourth-order valence-corrected chi connectivity index (χ4v) is 25.9. The van der Waals surface area contributed by atoms with Gasteiger partial charge in [-0.1, -0.05) is 239 Å². The van der Waals surface area contributed by atoms with Gasteiger partial charge < -0.3 is 37.9 Å². The average Bonchev–Trinajstić information content (AvgIpc) is 1.59. The van der Waals surface area contributed by atoms with Gasteiger partial charge in [-0.15, -0.1) is 0 Å². The normalized spacial score (nSPS) is 30.7. The minimum absolute atomic E-state index is 0.239. The van der Waals surface area contributed by atoms with Crippen LogP contribution in [0.2, 0.25) is 0 Å². The van der Waals surface area contributed by atoms with Crippen LogP contribution in [0.4, 0.5) is 0 Å². The van der Waals surface area contributed by atoms with Gasteiger partial charge in [0.05, 0.1) is 97.7 Å². The highest BCUT2D eigenvalue weighted by Crippen LogP contribution is 2.62. The maximum atomic E-state index is 6.31. The smallest absolute Gasteiger partial charge is 0.0875 e. The molecule has 0 spiro atoms. The highest BCUT2D eigenvalue weighted by molar-refractivity contribution is 5.93. The third-order valence-corrected chi connectivity index (χ3v) is 33.4. The van der Waals surface area contributed by atoms with Crippen LogP contribution in [0.15, 0.2) is 158 Å². The number of hydrogen-bond donors (Lipinski definition) is 0. The zero-order valence-corrected chi connectivity index (χ0v) is 80.9. The number of ether oxygens (including phenoxy) is 8. The van der Waals surface area contributed by atoms with Crippen molar-refractivity contribution in [3.63, 3.8) is 0 Å². The summed E-state index contributed by atoms with van der Waals surface area (Å²) in [7, 11) is 0. The molecule has 0 saturated heterocycles. The van der Waals surface area contributed by atoms with Gasteiger partial charge in [0.1, 0.15) is 0 Å². The lowest BCUT2D eigenvalue weighted by molar-refractivity contribution is -0.0669. The number of aryl methyl sites for hydroxylation is 2. The van der Waals surface area contributed by atoms with Gasteiger partial charge >= 0.3 is 0 Å². The first-order chi connectivity index (χ1) is 60.4. The van der Waals surface area contributed by atoms with Gasteiger partial charge in [-0.3, -0.25) is 0 Å². The van der Waals surface area contributed by atoms with Gasteiger partial charge in [0.2, 0.25) is 0 Å². The molecule has 8 aromatic rings. The van der Waals surface area contributed by atoms with E-state index in [1.165, 1.54) is 204 Å². The number of fused-ring (bicyclic) bond motifs is 17. The summed E-state index contributed by atoms with van der Waals surface area (Å²) in [4.78, 5) is 0. The second kappa shape index (κ2) is 43.1. The quantitative estimate of drug-likeness (QED) is 0.0665. The Morgan fingerprint density at radius 1 is 0.248 bits per heavy atom. The van der Waals surface area contributed by atoms with Gasteiger partial charge in [0, 0.05) is 19.3 Å². The van der Waals surface area contributed by atoms with E-state index in [4.69, 9.17) is 37.9 Å². The summed E-state index contributed by atoms with van der Waals surface area (Å²) in [6, 6.07) is 56.6. The third-order valence-electron chi connectivity index (χ3n) is 33.4. The van der Waals surface area contributed by atoms with Crippen LogP contribution >= 0.6 is 0 Å². The maximum absolute atomic E-state index is 6.31. The minimum atomic E-state index is 0.239. The van der Waals surface area contributed by atoms with Crippen molar-refractivity contribution in [2.24, 2.45) is 88.8 Å². The Hall–Kier alpha value is -5.78. The Morgan fingerprint density at radius 3 is 0.912 bits per heavy atom. The first-order valence-electron chi connectivity index (χ1n) is 51.3. The lowest BCUT2D eigenvalue weighted by Gasteiger charge is -2.34. The van der Waals surface area contributed by atoms with Crippen molar-refractivity contribution < 1.29 is 37.9 Å². The molecule has 0 amide bonds. The van der Waals surface area contributed by atoms with Crippen LogP contribution < -0.4 is 0 Å². The number of benzene rings is 8. The second-order valence-electron chi connectivity index (χ2n) is 42.9. The predicted molar refractivity (Wildman–Crippen MR) is 520 cm³/mol.